The number of fused-ring (bicyclic) bond motifs is 1. The molecule has 27 heavy (non-hydrogen) atoms. The van der Waals surface area contributed by atoms with Gasteiger partial charge in [-0.1, -0.05) is 36.4 Å². The fourth-order valence-electron chi connectivity index (χ4n) is 2.88. The Morgan fingerprint density at radius 1 is 1.07 bits per heavy atom. The molecule has 0 fully saturated rings. The summed E-state index contributed by atoms with van der Waals surface area (Å²) in [7, 11) is 0. The lowest BCUT2D eigenvalue weighted by Crippen LogP contribution is -2.37. The molecule has 6 heteroatoms. The Morgan fingerprint density at radius 3 is 2.48 bits per heavy atom. The molecule has 2 aromatic carbocycles. The van der Waals surface area contributed by atoms with Gasteiger partial charge in [-0.3, -0.25) is 14.5 Å². The van der Waals surface area contributed by atoms with Crippen LogP contribution in [0.15, 0.2) is 55.1 Å². The fourth-order valence-corrected chi connectivity index (χ4v) is 3.00. The maximum Gasteiger partial charge on any atom is 0.259 e. The van der Waals surface area contributed by atoms with Crippen molar-refractivity contribution in [2.75, 3.05) is 19.7 Å². The normalized spacial score (nSPS) is 12.9. The largest absolute Gasteiger partial charge is 0.494 e. The van der Waals surface area contributed by atoms with Gasteiger partial charge in [0.1, 0.15) is 12.3 Å². The van der Waals surface area contributed by atoms with E-state index in [1.807, 2.05) is 24.3 Å². The molecule has 140 valence electrons. The number of hydrogen-bond donors (Lipinski definition) is 1. The molecule has 1 N–H and O–H groups in total. The first-order valence-electron chi connectivity index (χ1n) is 8.81. The molecule has 0 bridgehead atoms. The van der Waals surface area contributed by atoms with Crippen molar-refractivity contribution in [3.8, 4) is 5.75 Å². The summed E-state index contributed by atoms with van der Waals surface area (Å²) in [5.74, 6) is 0.395. The zero-order chi connectivity index (χ0) is 19.2. The van der Waals surface area contributed by atoms with Crippen molar-refractivity contribution < 1.29 is 14.3 Å². The Hall–Kier alpha value is -2.79. The zero-order valence-electron chi connectivity index (χ0n) is 14.9. The van der Waals surface area contributed by atoms with Crippen LogP contribution >= 0.6 is 11.6 Å². The Morgan fingerprint density at radius 2 is 1.78 bits per heavy atom. The van der Waals surface area contributed by atoms with Crippen LogP contribution in [-0.2, 0) is 4.79 Å². The fraction of sp³-hybridized carbons (Fsp3) is 0.238. The smallest absolute Gasteiger partial charge is 0.259 e. The number of benzene rings is 2. The molecule has 0 aliphatic carbocycles. The molecule has 0 atom stereocenters. The Bertz CT molecular complexity index is 814. The number of ether oxygens (including phenoxy) is 1. The molecule has 0 saturated carbocycles. The summed E-state index contributed by atoms with van der Waals surface area (Å²) in [5.41, 5.74) is 1.95. The van der Waals surface area contributed by atoms with E-state index in [1.165, 1.54) is 4.90 Å². The lowest BCUT2D eigenvalue weighted by molar-refractivity contribution is -0.121. The molecular formula is C21H21ClN2O3. The summed E-state index contributed by atoms with van der Waals surface area (Å²) < 4.78 is 5.60. The van der Waals surface area contributed by atoms with Gasteiger partial charge in [-0.25, -0.2) is 0 Å². The Balaban J connectivity index is 1.35. The van der Waals surface area contributed by atoms with Gasteiger partial charge in [-0.05, 0) is 43.2 Å². The molecule has 2 aromatic rings. The van der Waals surface area contributed by atoms with Gasteiger partial charge in [0, 0.05) is 28.4 Å². The number of halogens is 1. The minimum atomic E-state index is -0.198. The third kappa shape index (κ3) is 4.68. The number of nitrogens with zero attached hydrogens (tertiary/aromatic N) is 1. The van der Waals surface area contributed by atoms with Crippen LogP contribution in [0.3, 0.4) is 0 Å². The number of rotatable bonds is 8. The minimum Gasteiger partial charge on any atom is -0.494 e. The number of nitrogens with one attached hydrogen (secondary N) is 1. The molecule has 0 unspecified atom stereocenters. The maximum absolute atomic E-state index is 12.4. The van der Waals surface area contributed by atoms with Crippen LogP contribution in [0, 0.1) is 0 Å². The van der Waals surface area contributed by atoms with Crippen LogP contribution in [0.2, 0.25) is 5.02 Å². The first kappa shape index (κ1) is 19.0. The monoisotopic (exact) mass is 384 g/mol. The summed E-state index contributed by atoms with van der Waals surface area (Å²) in [6.45, 7) is 5.01. The molecule has 0 saturated heterocycles. The molecule has 0 radical (unpaired) electrons. The van der Waals surface area contributed by atoms with Gasteiger partial charge in [0.15, 0.2) is 0 Å². The highest BCUT2D eigenvalue weighted by Crippen LogP contribution is 2.30. The number of hydrogen-bond acceptors (Lipinski definition) is 3. The first-order chi connectivity index (χ1) is 13.1. The van der Waals surface area contributed by atoms with Crippen LogP contribution in [0.4, 0.5) is 0 Å². The second-order valence-electron chi connectivity index (χ2n) is 6.24. The molecule has 5 nitrogen and oxygen atoms in total. The molecular weight excluding hydrogens is 364 g/mol. The van der Waals surface area contributed by atoms with Crippen LogP contribution in [0.25, 0.3) is 5.70 Å². The van der Waals surface area contributed by atoms with E-state index in [0.29, 0.717) is 29.4 Å². The van der Waals surface area contributed by atoms with Gasteiger partial charge in [-0.15, -0.1) is 0 Å². The van der Waals surface area contributed by atoms with Crippen molar-refractivity contribution in [3.63, 3.8) is 0 Å². The Kier molecular flexibility index (Phi) is 6.14. The molecule has 0 aromatic heterocycles. The minimum absolute atomic E-state index is 0.0202. The summed E-state index contributed by atoms with van der Waals surface area (Å²) >= 11 is 5.82. The number of carbonyl (C=O) groups is 2. The van der Waals surface area contributed by atoms with Crippen molar-refractivity contribution in [3.05, 3.63) is 71.3 Å². The van der Waals surface area contributed by atoms with Gasteiger partial charge in [0.05, 0.1) is 6.61 Å². The van der Waals surface area contributed by atoms with E-state index in [1.54, 1.807) is 24.3 Å². The van der Waals surface area contributed by atoms with Crippen molar-refractivity contribution in [2.24, 2.45) is 0 Å². The van der Waals surface area contributed by atoms with Crippen molar-refractivity contribution in [1.29, 1.82) is 0 Å². The van der Waals surface area contributed by atoms with Gasteiger partial charge in [0.25, 0.3) is 5.91 Å². The van der Waals surface area contributed by atoms with E-state index in [2.05, 4.69) is 11.9 Å². The number of amides is 2. The van der Waals surface area contributed by atoms with E-state index in [0.717, 1.165) is 24.2 Å². The number of unbranched alkanes of at least 4 members (excludes halogenated alkanes) is 1. The van der Waals surface area contributed by atoms with E-state index in [-0.39, 0.29) is 18.4 Å². The highest BCUT2D eigenvalue weighted by molar-refractivity contribution is 6.30. The number of carbonyl (C=O) groups excluding carboxylic acids is 2. The zero-order valence-corrected chi connectivity index (χ0v) is 15.7. The summed E-state index contributed by atoms with van der Waals surface area (Å²) in [5, 5.41) is 3.51. The third-order valence-corrected chi connectivity index (χ3v) is 4.57. The lowest BCUT2D eigenvalue weighted by Gasteiger charge is -2.17. The molecule has 0 spiro atoms. The second-order valence-corrected chi connectivity index (χ2v) is 6.68. The maximum atomic E-state index is 12.4. The van der Waals surface area contributed by atoms with Crippen LogP contribution in [-0.4, -0.2) is 36.4 Å². The molecule has 3 rings (SSSR count). The standard InChI is InChI=1S/C21H21ClN2O3/c1-15-18-6-2-3-7-19(18)21(26)24(15)14-20(25)23-12-4-5-13-27-17-10-8-16(22)9-11-17/h2-3,6-11H,1,4-5,12-14H2,(H,23,25). The van der Waals surface area contributed by atoms with Gasteiger partial charge >= 0.3 is 0 Å². The topological polar surface area (TPSA) is 58.6 Å². The summed E-state index contributed by atoms with van der Waals surface area (Å²) in [6, 6.07) is 14.5. The van der Waals surface area contributed by atoms with Crippen molar-refractivity contribution >= 4 is 29.1 Å². The van der Waals surface area contributed by atoms with E-state index >= 15 is 0 Å². The summed E-state index contributed by atoms with van der Waals surface area (Å²) in [6.07, 6.45) is 1.60. The SMILES string of the molecule is C=C1c2ccccc2C(=O)N1CC(=O)NCCCCOc1ccc(Cl)cc1. The highest BCUT2D eigenvalue weighted by atomic mass is 35.5. The van der Waals surface area contributed by atoms with Crippen LogP contribution < -0.4 is 10.1 Å². The molecule has 2 amide bonds. The molecule has 1 aliphatic rings. The second kappa shape index (κ2) is 8.73. The first-order valence-corrected chi connectivity index (χ1v) is 9.19. The predicted octanol–water partition coefficient (Wildman–Crippen LogP) is 3.74. The van der Waals surface area contributed by atoms with Crippen LogP contribution in [0.1, 0.15) is 28.8 Å². The van der Waals surface area contributed by atoms with E-state index in [4.69, 9.17) is 16.3 Å². The average Bonchev–Trinajstić information content (AvgIpc) is 2.91. The molecule has 1 aliphatic heterocycles. The van der Waals surface area contributed by atoms with Crippen LogP contribution in [0.5, 0.6) is 5.75 Å². The van der Waals surface area contributed by atoms with E-state index < -0.39 is 0 Å². The van der Waals surface area contributed by atoms with Crippen molar-refractivity contribution in [2.45, 2.75) is 12.8 Å². The lowest BCUT2D eigenvalue weighted by atomic mass is 10.1. The third-order valence-electron chi connectivity index (χ3n) is 4.32. The quantitative estimate of drug-likeness (QED) is 0.705. The van der Waals surface area contributed by atoms with E-state index in [9.17, 15) is 9.59 Å². The highest BCUT2D eigenvalue weighted by Gasteiger charge is 2.31. The Labute approximate surface area is 163 Å². The molecule has 1 heterocycles. The predicted molar refractivity (Wildman–Crippen MR) is 106 cm³/mol. The van der Waals surface area contributed by atoms with Gasteiger partial charge in [-0.2, -0.15) is 0 Å². The van der Waals surface area contributed by atoms with Gasteiger partial charge in [0.2, 0.25) is 5.91 Å². The van der Waals surface area contributed by atoms with Crippen molar-refractivity contribution in [1.82, 2.24) is 10.2 Å². The average molecular weight is 385 g/mol. The van der Waals surface area contributed by atoms with Gasteiger partial charge < -0.3 is 10.1 Å². The summed E-state index contributed by atoms with van der Waals surface area (Å²) in [4.78, 5) is 25.9.